The highest BCUT2D eigenvalue weighted by molar-refractivity contribution is 5.83. The van der Waals surface area contributed by atoms with E-state index in [2.05, 4.69) is 20.5 Å². The van der Waals surface area contributed by atoms with E-state index in [1.165, 1.54) is 0 Å². The van der Waals surface area contributed by atoms with Gasteiger partial charge in [0.05, 0.1) is 16.4 Å². The molecule has 68 valence electrons. The summed E-state index contributed by atoms with van der Waals surface area (Å²) in [6.07, 6.45) is 5.62. The van der Waals surface area contributed by atoms with Crippen molar-refractivity contribution in [3.8, 4) is 0 Å². The Morgan fingerprint density at radius 1 is 1.21 bits per heavy atom. The van der Waals surface area contributed by atoms with E-state index in [1.54, 1.807) is 6.21 Å². The molecule has 0 bridgehead atoms. The number of hydrazone groups is 1. The SMILES string of the molecule is C1=Cc2c(ccc3c2=NCN=3)NN=C1. The lowest BCUT2D eigenvalue weighted by molar-refractivity contribution is 1.06. The molecule has 1 aromatic rings. The minimum atomic E-state index is 0.542. The first-order valence-electron chi connectivity index (χ1n) is 4.43. The molecule has 0 unspecified atom stereocenters. The smallest absolute Gasteiger partial charge is 0.130 e. The highest BCUT2D eigenvalue weighted by atomic mass is 15.3. The standard InChI is InChI=1S/C10H8N4/c1-2-7-8(14-13-5-1)3-4-9-10(7)12-6-11-9/h1-5,14H,6H2. The zero-order chi connectivity index (χ0) is 9.38. The van der Waals surface area contributed by atoms with Gasteiger partial charge in [-0.2, -0.15) is 5.10 Å². The van der Waals surface area contributed by atoms with Gasteiger partial charge in [-0.05, 0) is 24.3 Å². The van der Waals surface area contributed by atoms with Gasteiger partial charge in [0, 0.05) is 11.8 Å². The molecule has 0 amide bonds. The summed E-state index contributed by atoms with van der Waals surface area (Å²) in [6, 6.07) is 3.94. The Bertz CT molecular complexity index is 554. The number of benzene rings is 1. The summed E-state index contributed by atoms with van der Waals surface area (Å²) in [5.41, 5.74) is 5.01. The number of fused-ring (bicyclic) bond motifs is 3. The number of nitrogens with one attached hydrogen (secondary N) is 1. The lowest BCUT2D eigenvalue weighted by Crippen LogP contribution is -2.25. The van der Waals surface area contributed by atoms with E-state index in [9.17, 15) is 0 Å². The van der Waals surface area contributed by atoms with Crippen LogP contribution in [0.2, 0.25) is 0 Å². The molecule has 14 heavy (non-hydrogen) atoms. The summed E-state index contributed by atoms with van der Waals surface area (Å²) in [5.74, 6) is 0. The first-order chi connectivity index (χ1) is 6.95. The van der Waals surface area contributed by atoms with E-state index in [0.29, 0.717) is 6.67 Å². The van der Waals surface area contributed by atoms with Gasteiger partial charge < -0.3 is 0 Å². The fraction of sp³-hybridized carbons (Fsp3) is 0.100. The highest BCUT2D eigenvalue weighted by Gasteiger charge is 2.07. The van der Waals surface area contributed by atoms with Crippen molar-refractivity contribution in [3.05, 3.63) is 34.5 Å². The van der Waals surface area contributed by atoms with Crippen molar-refractivity contribution < 1.29 is 0 Å². The average molecular weight is 184 g/mol. The summed E-state index contributed by atoms with van der Waals surface area (Å²) in [4.78, 5) is 8.61. The summed E-state index contributed by atoms with van der Waals surface area (Å²) >= 11 is 0. The second-order valence-electron chi connectivity index (χ2n) is 3.10. The highest BCUT2D eigenvalue weighted by Crippen LogP contribution is 2.13. The largest absolute Gasteiger partial charge is 0.278 e. The van der Waals surface area contributed by atoms with Crippen LogP contribution in [-0.2, 0) is 0 Å². The lowest BCUT2D eigenvalue weighted by atomic mass is 10.1. The minimum absolute atomic E-state index is 0.542. The predicted octanol–water partition coefficient (Wildman–Crippen LogP) is 0.321. The van der Waals surface area contributed by atoms with Crippen LogP contribution in [0.25, 0.3) is 6.08 Å². The number of allylic oxidation sites excluding steroid dienone is 1. The van der Waals surface area contributed by atoms with Crippen molar-refractivity contribution in [3.63, 3.8) is 0 Å². The van der Waals surface area contributed by atoms with E-state index in [-0.39, 0.29) is 0 Å². The van der Waals surface area contributed by atoms with Crippen LogP contribution in [0.1, 0.15) is 5.56 Å². The van der Waals surface area contributed by atoms with Gasteiger partial charge in [0.15, 0.2) is 0 Å². The molecule has 0 saturated heterocycles. The van der Waals surface area contributed by atoms with Gasteiger partial charge in [0.2, 0.25) is 0 Å². The minimum Gasteiger partial charge on any atom is -0.278 e. The maximum absolute atomic E-state index is 4.34. The molecule has 4 heteroatoms. The van der Waals surface area contributed by atoms with Crippen molar-refractivity contribution in [2.24, 2.45) is 15.1 Å². The third kappa shape index (κ3) is 0.970. The van der Waals surface area contributed by atoms with Gasteiger partial charge >= 0.3 is 0 Å². The molecule has 0 saturated carbocycles. The van der Waals surface area contributed by atoms with Crippen molar-refractivity contribution in [1.29, 1.82) is 0 Å². The topological polar surface area (TPSA) is 49.1 Å². The van der Waals surface area contributed by atoms with Crippen molar-refractivity contribution in [2.75, 3.05) is 12.1 Å². The summed E-state index contributed by atoms with van der Waals surface area (Å²) < 4.78 is 0. The van der Waals surface area contributed by atoms with Gasteiger partial charge in [-0.1, -0.05) is 0 Å². The molecule has 0 radical (unpaired) electrons. The van der Waals surface area contributed by atoms with Crippen LogP contribution in [-0.4, -0.2) is 12.9 Å². The number of rotatable bonds is 0. The zero-order valence-corrected chi connectivity index (χ0v) is 7.44. The van der Waals surface area contributed by atoms with Gasteiger partial charge in [0.1, 0.15) is 6.67 Å². The molecule has 0 aliphatic carbocycles. The molecular formula is C10H8N4. The van der Waals surface area contributed by atoms with Gasteiger partial charge in [0.25, 0.3) is 0 Å². The van der Waals surface area contributed by atoms with Gasteiger partial charge in [-0.25, -0.2) is 0 Å². The molecule has 3 rings (SSSR count). The van der Waals surface area contributed by atoms with E-state index in [4.69, 9.17) is 0 Å². The normalized spacial score (nSPS) is 16.0. The van der Waals surface area contributed by atoms with E-state index in [0.717, 1.165) is 22.0 Å². The van der Waals surface area contributed by atoms with Crippen LogP contribution in [0.3, 0.4) is 0 Å². The summed E-state index contributed by atoms with van der Waals surface area (Å²) in [6.45, 7) is 0.542. The second-order valence-corrected chi connectivity index (χ2v) is 3.10. The number of anilines is 1. The van der Waals surface area contributed by atoms with Gasteiger partial charge in [-0.3, -0.25) is 15.4 Å². The van der Waals surface area contributed by atoms with Crippen LogP contribution < -0.4 is 16.1 Å². The Balaban J connectivity index is 2.40. The molecule has 2 heterocycles. The van der Waals surface area contributed by atoms with Crippen molar-refractivity contribution >= 4 is 18.0 Å². The first-order valence-corrected chi connectivity index (χ1v) is 4.43. The summed E-state index contributed by atoms with van der Waals surface area (Å²) in [7, 11) is 0. The van der Waals surface area contributed by atoms with Crippen molar-refractivity contribution in [2.45, 2.75) is 0 Å². The van der Waals surface area contributed by atoms with E-state index < -0.39 is 0 Å². The van der Waals surface area contributed by atoms with Crippen LogP contribution in [0.15, 0.2) is 33.3 Å². The fourth-order valence-corrected chi connectivity index (χ4v) is 1.63. The Labute approximate surface area is 80.4 Å². The number of hydrogen-bond donors (Lipinski definition) is 1. The molecule has 0 fully saturated rings. The Morgan fingerprint density at radius 2 is 2.21 bits per heavy atom. The Morgan fingerprint density at radius 3 is 3.21 bits per heavy atom. The molecule has 2 aliphatic heterocycles. The second kappa shape index (κ2) is 2.77. The maximum Gasteiger partial charge on any atom is 0.130 e. The Hall–Kier alpha value is -1.97. The molecular weight excluding hydrogens is 176 g/mol. The first kappa shape index (κ1) is 7.44. The zero-order valence-electron chi connectivity index (χ0n) is 7.44. The maximum atomic E-state index is 4.34. The molecule has 1 N–H and O–H groups in total. The average Bonchev–Trinajstić information content (AvgIpc) is 2.55. The third-order valence-corrected chi connectivity index (χ3v) is 2.27. The van der Waals surface area contributed by atoms with Crippen LogP contribution in [0, 0.1) is 0 Å². The van der Waals surface area contributed by atoms with Gasteiger partial charge in [-0.15, -0.1) is 0 Å². The van der Waals surface area contributed by atoms with E-state index >= 15 is 0 Å². The quantitative estimate of drug-likeness (QED) is 0.620. The summed E-state index contributed by atoms with van der Waals surface area (Å²) in [5, 5.41) is 5.94. The molecule has 2 aliphatic rings. The number of nitrogens with zero attached hydrogens (tertiary/aromatic N) is 3. The molecule has 0 aromatic heterocycles. The molecule has 1 aromatic carbocycles. The monoisotopic (exact) mass is 184 g/mol. The fourth-order valence-electron chi connectivity index (χ4n) is 1.63. The predicted molar refractivity (Wildman–Crippen MR) is 54.8 cm³/mol. The Kier molecular flexibility index (Phi) is 1.47. The van der Waals surface area contributed by atoms with Crippen molar-refractivity contribution in [1.82, 2.24) is 0 Å². The lowest BCUT2D eigenvalue weighted by Gasteiger charge is -2.01. The molecule has 0 atom stereocenters. The van der Waals surface area contributed by atoms with Crippen LogP contribution in [0.4, 0.5) is 5.69 Å². The van der Waals surface area contributed by atoms with Crippen LogP contribution >= 0.6 is 0 Å². The number of hydrogen-bond acceptors (Lipinski definition) is 4. The molecule has 0 spiro atoms. The molecule has 4 nitrogen and oxygen atoms in total. The third-order valence-electron chi connectivity index (χ3n) is 2.27. The van der Waals surface area contributed by atoms with Crippen LogP contribution in [0.5, 0.6) is 0 Å². The van der Waals surface area contributed by atoms with E-state index in [1.807, 2.05) is 24.3 Å².